The van der Waals surface area contributed by atoms with Crippen molar-refractivity contribution in [3.8, 4) is 0 Å². The van der Waals surface area contributed by atoms with E-state index in [2.05, 4.69) is 15.9 Å². The molecule has 1 aromatic carbocycles. The van der Waals surface area contributed by atoms with Gasteiger partial charge in [0.1, 0.15) is 0 Å². The summed E-state index contributed by atoms with van der Waals surface area (Å²) in [7, 11) is 3.54. The van der Waals surface area contributed by atoms with Crippen LogP contribution in [0.2, 0.25) is 5.02 Å². The van der Waals surface area contributed by atoms with Crippen molar-refractivity contribution in [2.24, 2.45) is 5.92 Å². The maximum absolute atomic E-state index is 12.4. The van der Waals surface area contributed by atoms with Crippen molar-refractivity contribution in [3.05, 3.63) is 33.3 Å². The number of hydrogen-bond acceptors (Lipinski definition) is 2. The molecule has 0 radical (unpaired) electrons. The van der Waals surface area contributed by atoms with E-state index < -0.39 is 0 Å². The lowest BCUT2D eigenvalue weighted by molar-refractivity contribution is -0.134. The van der Waals surface area contributed by atoms with E-state index in [-0.39, 0.29) is 17.7 Å². The average Bonchev–Trinajstić information content (AvgIpc) is 2.48. The standard InChI is InChI=1S/C15H18BrClN2O2/c1-18(2)14(20)10-5-7-19(8-6-10)15(21)11-3-4-12(16)13(17)9-11/h3-4,9-10H,5-8H2,1-2H3. The summed E-state index contributed by atoms with van der Waals surface area (Å²) in [5, 5.41) is 0.526. The monoisotopic (exact) mass is 372 g/mol. The van der Waals surface area contributed by atoms with Crippen LogP contribution in [0.3, 0.4) is 0 Å². The quantitative estimate of drug-likeness (QED) is 0.799. The van der Waals surface area contributed by atoms with Crippen LogP contribution in [0.5, 0.6) is 0 Å². The average molecular weight is 374 g/mol. The van der Waals surface area contributed by atoms with E-state index in [1.165, 1.54) is 0 Å². The van der Waals surface area contributed by atoms with Gasteiger partial charge >= 0.3 is 0 Å². The molecule has 0 N–H and O–H groups in total. The second-order valence-corrected chi connectivity index (χ2v) is 6.69. The van der Waals surface area contributed by atoms with Crippen LogP contribution in [-0.2, 0) is 4.79 Å². The first kappa shape index (κ1) is 16.3. The molecule has 0 bridgehead atoms. The molecule has 1 aliphatic rings. The van der Waals surface area contributed by atoms with Gasteiger partial charge < -0.3 is 9.80 Å². The second kappa shape index (κ2) is 6.79. The number of carbonyl (C=O) groups is 2. The minimum Gasteiger partial charge on any atom is -0.349 e. The molecule has 1 heterocycles. The zero-order valence-corrected chi connectivity index (χ0v) is 14.4. The molecule has 0 saturated carbocycles. The zero-order chi connectivity index (χ0) is 15.6. The van der Waals surface area contributed by atoms with Gasteiger partial charge in [-0.25, -0.2) is 0 Å². The van der Waals surface area contributed by atoms with Gasteiger partial charge in [-0.2, -0.15) is 0 Å². The fourth-order valence-electron chi connectivity index (χ4n) is 2.51. The van der Waals surface area contributed by atoms with Crippen molar-refractivity contribution >= 4 is 39.3 Å². The van der Waals surface area contributed by atoms with Gasteiger partial charge in [0.2, 0.25) is 5.91 Å². The molecular weight excluding hydrogens is 356 g/mol. The van der Waals surface area contributed by atoms with E-state index in [1.807, 2.05) is 0 Å². The first-order valence-corrected chi connectivity index (χ1v) is 8.02. The number of carbonyl (C=O) groups excluding carboxylic acids is 2. The molecule has 0 atom stereocenters. The largest absolute Gasteiger partial charge is 0.349 e. The molecule has 4 nitrogen and oxygen atoms in total. The summed E-state index contributed by atoms with van der Waals surface area (Å²) < 4.78 is 0.774. The van der Waals surface area contributed by atoms with Crippen LogP contribution in [0.25, 0.3) is 0 Å². The Kier molecular flexibility index (Phi) is 5.27. The van der Waals surface area contributed by atoms with E-state index >= 15 is 0 Å². The number of piperidine rings is 1. The van der Waals surface area contributed by atoms with Crippen LogP contribution in [0, 0.1) is 5.92 Å². The summed E-state index contributed by atoms with van der Waals surface area (Å²) >= 11 is 9.34. The Labute approximate surface area is 138 Å². The molecule has 1 aliphatic heterocycles. The van der Waals surface area contributed by atoms with Gasteiger partial charge in [-0.3, -0.25) is 9.59 Å². The molecule has 21 heavy (non-hydrogen) atoms. The highest BCUT2D eigenvalue weighted by Gasteiger charge is 2.28. The third kappa shape index (κ3) is 3.77. The van der Waals surface area contributed by atoms with E-state index in [0.29, 0.717) is 36.5 Å². The van der Waals surface area contributed by atoms with Crippen LogP contribution in [0.15, 0.2) is 22.7 Å². The molecule has 0 aliphatic carbocycles. The molecule has 6 heteroatoms. The molecule has 1 aromatic rings. The Bertz CT molecular complexity index is 555. The van der Waals surface area contributed by atoms with Crippen molar-refractivity contribution in [1.82, 2.24) is 9.80 Å². The van der Waals surface area contributed by atoms with Gasteiger partial charge in [0, 0.05) is 43.1 Å². The molecule has 1 fully saturated rings. The predicted molar refractivity (Wildman–Crippen MR) is 86.5 cm³/mol. The normalized spacial score (nSPS) is 15.9. The molecule has 2 amide bonds. The van der Waals surface area contributed by atoms with E-state index in [9.17, 15) is 9.59 Å². The molecule has 2 rings (SSSR count). The zero-order valence-electron chi connectivity index (χ0n) is 12.1. The van der Waals surface area contributed by atoms with E-state index in [4.69, 9.17) is 11.6 Å². The Balaban J connectivity index is 2.00. The molecule has 114 valence electrons. The fraction of sp³-hybridized carbons (Fsp3) is 0.467. The summed E-state index contributed by atoms with van der Waals surface area (Å²) in [4.78, 5) is 27.8. The lowest BCUT2D eigenvalue weighted by Gasteiger charge is -2.32. The van der Waals surface area contributed by atoms with Crippen LogP contribution in [0.1, 0.15) is 23.2 Å². The number of amides is 2. The summed E-state index contributed by atoms with van der Waals surface area (Å²) in [6, 6.07) is 5.21. The third-order valence-electron chi connectivity index (χ3n) is 3.74. The van der Waals surface area contributed by atoms with Crippen molar-refractivity contribution in [2.75, 3.05) is 27.2 Å². The summed E-state index contributed by atoms with van der Waals surface area (Å²) in [5.74, 6) is 0.145. The first-order chi connectivity index (χ1) is 9.90. The molecule has 0 unspecified atom stereocenters. The van der Waals surface area contributed by atoms with Gasteiger partial charge in [0.05, 0.1) is 5.02 Å². The van der Waals surface area contributed by atoms with Crippen LogP contribution in [0.4, 0.5) is 0 Å². The van der Waals surface area contributed by atoms with Crippen molar-refractivity contribution in [1.29, 1.82) is 0 Å². The van der Waals surface area contributed by atoms with Crippen molar-refractivity contribution in [2.45, 2.75) is 12.8 Å². The number of nitrogens with zero attached hydrogens (tertiary/aromatic N) is 2. The number of benzene rings is 1. The maximum Gasteiger partial charge on any atom is 0.253 e. The number of likely N-dealkylation sites (tertiary alicyclic amines) is 1. The van der Waals surface area contributed by atoms with Gasteiger partial charge in [-0.15, -0.1) is 0 Å². The number of rotatable bonds is 2. The number of halogens is 2. The molecular formula is C15H18BrClN2O2. The highest BCUT2D eigenvalue weighted by molar-refractivity contribution is 9.10. The smallest absolute Gasteiger partial charge is 0.253 e. The van der Waals surface area contributed by atoms with Gasteiger partial charge in [-0.05, 0) is 47.0 Å². The summed E-state index contributed by atoms with van der Waals surface area (Å²) in [5.41, 5.74) is 0.584. The van der Waals surface area contributed by atoms with Crippen molar-refractivity contribution in [3.63, 3.8) is 0 Å². The fourth-order valence-corrected chi connectivity index (χ4v) is 2.93. The lowest BCUT2D eigenvalue weighted by Crippen LogP contribution is -2.42. The van der Waals surface area contributed by atoms with E-state index in [1.54, 1.807) is 42.1 Å². The third-order valence-corrected chi connectivity index (χ3v) is 4.97. The van der Waals surface area contributed by atoms with Gasteiger partial charge in [0.25, 0.3) is 5.91 Å². The van der Waals surface area contributed by atoms with E-state index in [0.717, 1.165) is 4.47 Å². The highest BCUT2D eigenvalue weighted by atomic mass is 79.9. The molecule has 0 aromatic heterocycles. The Hall–Kier alpha value is -1.07. The second-order valence-electron chi connectivity index (χ2n) is 5.43. The topological polar surface area (TPSA) is 40.6 Å². The molecule has 0 spiro atoms. The maximum atomic E-state index is 12.4. The Morgan fingerprint density at radius 2 is 1.90 bits per heavy atom. The summed E-state index contributed by atoms with van der Waals surface area (Å²) in [6.45, 7) is 1.22. The Morgan fingerprint density at radius 3 is 2.43 bits per heavy atom. The SMILES string of the molecule is CN(C)C(=O)C1CCN(C(=O)c2ccc(Br)c(Cl)c2)CC1. The number of hydrogen-bond donors (Lipinski definition) is 0. The minimum atomic E-state index is -0.0276. The lowest BCUT2D eigenvalue weighted by atomic mass is 9.95. The van der Waals surface area contributed by atoms with Crippen LogP contribution in [-0.4, -0.2) is 48.8 Å². The Morgan fingerprint density at radius 1 is 1.29 bits per heavy atom. The van der Waals surface area contributed by atoms with Crippen LogP contribution >= 0.6 is 27.5 Å². The first-order valence-electron chi connectivity index (χ1n) is 6.85. The van der Waals surface area contributed by atoms with Crippen LogP contribution < -0.4 is 0 Å². The molecule has 1 saturated heterocycles. The van der Waals surface area contributed by atoms with Gasteiger partial charge in [0.15, 0.2) is 0 Å². The highest BCUT2D eigenvalue weighted by Crippen LogP contribution is 2.25. The summed E-state index contributed by atoms with van der Waals surface area (Å²) in [6.07, 6.45) is 1.43. The van der Waals surface area contributed by atoms with Gasteiger partial charge in [-0.1, -0.05) is 11.6 Å². The minimum absolute atomic E-state index is 0.0255. The predicted octanol–water partition coefficient (Wildman–Crippen LogP) is 3.04. The van der Waals surface area contributed by atoms with Crippen molar-refractivity contribution < 1.29 is 9.59 Å².